The van der Waals surface area contributed by atoms with Gasteiger partial charge in [-0.05, 0) is 40.8 Å². The van der Waals surface area contributed by atoms with Gasteiger partial charge in [0, 0.05) is 12.1 Å². The van der Waals surface area contributed by atoms with Crippen LogP contribution in [0, 0.1) is 11.8 Å². The standard InChI is InChI=1S/C14H18ClN5/c1-9-4-2-5-10(9)8-20-14(17-18-19-20)11-6-3-7-12(15)13(11)16/h3,6-7,9-10H,2,4-5,8,16H2,1H3. The fourth-order valence-electron chi connectivity index (χ4n) is 2.97. The van der Waals surface area contributed by atoms with Crippen molar-refractivity contribution in [3.05, 3.63) is 23.2 Å². The van der Waals surface area contributed by atoms with Crippen LogP contribution >= 0.6 is 11.6 Å². The molecule has 2 N–H and O–H groups in total. The van der Waals surface area contributed by atoms with Gasteiger partial charge in [0.05, 0.1) is 10.7 Å². The van der Waals surface area contributed by atoms with Crippen LogP contribution in [0.15, 0.2) is 18.2 Å². The maximum Gasteiger partial charge on any atom is 0.184 e. The third-order valence-electron chi connectivity index (χ3n) is 4.27. The van der Waals surface area contributed by atoms with Gasteiger partial charge in [0.15, 0.2) is 5.82 Å². The molecule has 1 saturated carbocycles. The van der Waals surface area contributed by atoms with Crippen LogP contribution in [0.2, 0.25) is 5.02 Å². The van der Waals surface area contributed by atoms with Gasteiger partial charge < -0.3 is 5.73 Å². The number of hydrogen-bond donors (Lipinski definition) is 1. The number of halogens is 1. The van der Waals surface area contributed by atoms with Gasteiger partial charge in [-0.2, -0.15) is 0 Å². The van der Waals surface area contributed by atoms with E-state index < -0.39 is 0 Å². The summed E-state index contributed by atoms with van der Waals surface area (Å²) < 4.78 is 1.86. The molecule has 2 atom stereocenters. The Bertz CT molecular complexity index is 609. The highest BCUT2D eigenvalue weighted by Crippen LogP contribution is 2.34. The number of hydrogen-bond acceptors (Lipinski definition) is 4. The summed E-state index contributed by atoms with van der Waals surface area (Å²) in [4.78, 5) is 0. The molecular weight excluding hydrogens is 274 g/mol. The van der Waals surface area contributed by atoms with E-state index in [1.165, 1.54) is 19.3 Å². The van der Waals surface area contributed by atoms with Crippen LogP contribution in [-0.4, -0.2) is 20.2 Å². The first-order valence-corrected chi connectivity index (χ1v) is 7.35. The van der Waals surface area contributed by atoms with Crippen molar-refractivity contribution < 1.29 is 0 Å². The van der Waals surface area contributed by atoms with Crippen molar-refractivity contribution in [1.82, 2.24) is 20.2 Å². The normalized spacial score (nSPS) is 22.3. The second kappa shape index (κ2) is 5.40. The Kier molecular flexibility index (Phi) is 3.61. The lowest BCUT2D eigenvalue weighted by Crippen LogP contribution is -2.15. The summed E-state index contributed by atoms with van der Waals surface area (Å²) in [5.41, 5.74) is 7.37. The lowest BCUT2D eigenvalue weighted by molar-refractivity contribution is 0.346. The first-order valence-electron chi connectivity index (χ1n) is 6.97. The van der Waals surface area contributed by atoms with Gasteiger partial charge in [0.1, 0.15) is 0 Å². The molecule has 1 aromatic carbocycles. The molecule has 3 rings (SSSR count). The van der Waals surface area contributed by atoms with Crippen LogP contribution in [0.25, 0.3) is 11.4 Å². The number of anilines is 1. The molecule has 20 heavy (non-hydrogen) atoms. The first kappa shape index (κ1) is 13.4. The fraction of sp³-hybridized carbons (Fsp3) is 0.500. The molecule has 1 fully saturated rings. The van der Waals surface area contributed by atoms with Crippen molar-refractivity contribution >= 4 is 17.3 Å². The van der Waals surface area contributed by atoms with Crippen molar-refractivity contribution in [3.8, 4) is 11.4 Å². The molecule has 0 radical (unpaired) electrons. The Hall–Kier alpha value is -1.62. The number of tetrazole rings is 1. The maximum atomic E-state index is 6.07. The van der Waals surface area contributed by atoms with Crippen molar-refractivity contribution in [2.45, 2.75) is 32.7 Å². The number of nitrogen functional groups attached to an aromatic ring is 1. The highest BCUT2D eigenvalue weighted by molar-refractivity contribution is 6.33. The Balaban J connectivity index is 1.92. The van der Waals surface area contributed by atoms with Gasteiger partial charge in [-0.15, -0.1) is 5.10 Å². The molecule has 1 aromatic heterocycles. The predicted octanol–water partition coefficient (Wildman–Crippen LogP) is 3.01. The number of nitrogens with zero attached hydrogens (tertiary/aromatic N) is 4. The fourth-order valence-corrected chi connectivity index (χ4v) is 3.14. The van der Waals surface area contributed by atoms with E-state index in [2.05, 4.69) is 22.4 Å². The molecule has 5 nitrogen and oxygen atoms in total. The number of aromatic nitrogens is 4. The van der Waals surface area contributed by atoms with E-state index in [9.17, 15) is 0 Å². The van der Waals surface area contributed by atoms with E-state index in [1.807, 2.05) is 16.8 Å². The molecule has 2 unspecified atom stereocenters. The maximum absolute atomic E-state index is 6.07. The first-order chi connectivity index (χ1) is 9.66. The van der Waals surface area contributed by atoms with Crippen molar-refractivity contribution in [2.75, 3.05) is 5.73 Å². The number of benzene rings is 1. The van der Waals surface area contributed by atoms with Gasteiger partial charge in [-0.1, -0.05) is 37.4 Å². The smallest absolute Gasteiger partial charge is 0.184 e. The summed E-state index contributed by atoms with van der Waals surface area (Å²) in [6.07, 6.45) is 3.83. The molecule has 2 aromatic rings. The van der Waals surface area contributed by atoms with Gasteiger partial charge in [0.2, 0.25) is 0 Å². The minimum absolute atomic E-state index is 0.532. The minimum atomic E-state index is 0.532. The molecule has 1 aliphatic rings. The van der Waals surface area contributed by atoms with Gasteiger partial charge in [-0.25, -0.2) is 4.68 Å². The largest absolute Gasteiger partial charge is 0.397 e. The molecule has 0 bridgehead atoms. The molecule has 0 aliphatic heterocycles. The summed E-state index contributed by atoms with van der Waals surface area (Å²) in [5, 5.41) is 12.6. The average Bonchev–Trinajstić information content (AvgIpc) is 3.04. The molecule has 1 heterocycles. The number of para-hydroxylation sites is 1. The van der Waals surface area contributed by atoms with Crippen molar-refractivity contribution in [3.63, 3.8) is 0 Å². The molecular formula is C14H18ClN5. The lowest BCUT2D eigenvalue weighted by atomic mass is 9.98. The minimum Gasteiger partial charge on any atom is -0.397 e. The predicted molar refractivity (Wildman–Crippen MR) is 79.2 cm³/mol. The van der Waals surface area contributed by atoms with E-state index in [0.29, 0.717) is 22.5 Å². The third kappa shape index (κ3) is 2.38. The van der Waals surface area contributed by atoms with E-state index >= 15 is 0 Å². The van der Waals surface area contributed by atoms with E-state index in [4.69, 9.17) is 17.3 Å². The van der Waals surface area contributed by atoms with Crippen LogP contribution in [-0.2, 0) is 6.54 Å². The second-order valence-corrected chi connectivity index (χ2v) is 5.96. The monoisotopic (exact) mass is 291 g/mol. The summed E-state index contributed by atoms with van der Waals surface area (Å²) in [6.45, 7) is 3.14. The van der Waals surface area contributed by atoms with Gasteiger partial charge in [-0.3, -0.25) is 0 Å². The van der Waals surface area contributed by atoms with E-state index in [0.717, 1.165) is 18.0 Å². The molecule has 1 aliphatic carbocycles. The van der Waals surface area contributed by atoms with Crippen LogP contribution < -0.4 is 5.73 Å². The zero-order valence-corrected chi connectivity index (χ0v) is 12.2. The topological polar surface area (TPSA) is 69.6 Å². The molecule has 0 spiro atoms. The van der Waals surface area contributed by atoms with Crippen LogP contribution in [0.3, 0.4) is 0 Å². The highest BCUT2D eigenvalue weighted by Gasteiger charge is 2.25. The lowest BCUT2D eigenvalue weighted by Gasteiger charge is -2.16. The summed E-state index contributed by atoms with van der Waals surface area (Å²) in [5.74, 6) is 2.06. The van der Waals surface area contributed by atoms with Crippen molar-refractivity contribution in [2.24, 2.45) is 11.8 Å². The number of rotatable bonds is 3. The highest BCUT2D eigenvalue weighted by atomic mass is 35.5. The van der Waals surface area contributed by atoms with Crippen LogP contribution in [0.4, 0.5) is 5.69 Å². The third-order valence-corrected chi connectivity index (χ3v) is 4.60. The van der Waals surface area contributed by atoms with Crippen LogP contribution in [0.1, 0.15) is 26.2 Å². The average molecular weight is 292 g/mol. The molecule has 6 heteroatoms. The molecule has 0 saturated heterocycles. The van der Waals surface area contributed by atoms with Crippen molar-refractivity contribution in [1.29, 1.82) is 0 Å². The van der Waals surface area contributed by atoms with E-state index in [1.54, 1.807) is 6.07 Å². The zero-order valence-electron chi connectivity index (χ0n) is 11.5. The summed E-state index contributed by atoms with van der Waals surface area (Å²) in [6, 6.07) is 5.54. The quantitative estimate of drug-likeness (QED) is 0.883. The Labute approximate surface area is 123 Å². The Morgan fingerprint density at radius 3 is 3.00 bits per heavy atom. The van der Waals surface area contributed by atoms with E-state index in [-0.39, 0.29) is 0 Å². The molecule has 0 amide bonds. The number of nitrogens with two attached hydrogens (primary N) is 1. The van der Waals surface area contributed by atoms with Gasteiger partial charge >= 0.3 is 0 Å². The summed E-state index contributed by atoms with van der Waals surface area (Å²) >= 11 is 6.07. The Morgan fingerprint density at radius 2 is 2.25 bits per heavy atom. The second-order valence-electron chi connectivity index (χ2n) is 5.55. The van der Waals surface area contributed by atoms with Crippen LogP contribution in [0.5, 0.6) is 0 Å². The SMILES string of the molecule is CC1CCCC1Cn1nnnc1-c1cccc(Cl)c1N. The zero-order chi connectivity index (χ0) is 14.1. The molecule has 106 valence electrons. The Morgan fingerprint density at radius 1 is 1.40 bits per heavy atom. The summed E-state index contributed by atoms with van der Waals surface area (Å²) in [7, 11) is 0. The van der Waals surface area contributed by atoms with Gasteiger partial charge in [0.25, 0.3) is 0 Å².